The maximum atomic E-state index is 6.86. The molecular weight excluding hydrogens is 691 g/mol. The number of benzene rings is 9. The van der Waals surface area contributed by atoms with E-state index in [-0.39, 0.29) is 0 Å². The van der Waals surface area contributed by atoms with Gasteiger partial charge in [-0.2, -0.15) is 0 Å². The van der Waals surface area contributed by atoms with Crippen LogP contribution < -0.4 is 0 Å². The van der Waals surface area contributed by atoms with E-state index in [1.807, 2.05) is 0 Å². The van der Waals surface area contributed by atoms with E-state index in [2.05, 4.69) is 217 Å². The highest BCUT2D eigenvalue weighted by atomic mass is 16.3. The molecule has 0 N–H and O–H groups in total. The fraction of sp³-hybridized carbons (Fsp3) is 0.0182. The Labute approximate surface area is 330 Å². The van der Waals surface area contributed by atoms with E-state index in [0.717, 1.165) is 38.8 Å². The third-order valence-electron chi connectivity index (χ3n) is 12.3. The molecule has 2 nitrogen and oxygen atoms in total. The number of fused-ring (bicyclic) bond motifs is 9. The normalized spacial score (nSPS) is 13.1. The van der Waals surface area contributed by atoms with E-state index >= 15 is 0 Å². The smallest absolute Gasteiger partial charge is 0.136 e. The maximum Gasteiger partial charge on any atom is 0.136 e. The summed E-state index contributed by atoms with van der Waals surface area (Å²) in [5.74, 6) is 0. The monoisotopic (exact) mass is 725 g/mol. The molecule has 266 valence electrons. The molecule has 11 aromatic rings. The number of para-hydroxylation sites is 1. The van der Waals surface area contributed by atoms with E-state index in [4.69, 9.17) is 4.42 Å². The molecule has 0 spiro atoms. The van der Waals surface area contributed by atoms with Crippen molar-refractivity contribution in [3.8, 4) is 39.1 Å². The summed E-state index contributed by atoms with van der Waals surface area (Å²) in [7, 11) is 0. The molecule has 0 fully saturated rings. The van der Waals surface area contributed by atoms with Gasteiger partial charge in [0, 0.05) is 27.2 Å². The van der Waals surface area contributed by atoms with Crippen LogP contribution in [-0.2, 0) is 5.41 Å². The van der Waals surface area contributed by atoms with E-state index in [0.29, 0.717) is 0 Å². The van der Waals surface area contributed by atoms with Gasteiger partial charge in [-0.05, 0) is 110 Å². The van der Waals surface area contributed by atoms with Crippen LogP contribution in [0.15, 0.2) is 217 Å². The largest absolute Gasteiger partial charge is 0.456 e. The van der Waals surface area contributed by atoms with Crippen molar-refractivity contribution >= 4 is 43.7 Å². The number of furan rings is 1. The van der Waals surface area contributed by atoms with Gasteiger partial charge in [-0.3, -0.25) is 0 Å². The van der Waals surface area contributed by atoms with Gasteiger partial charge >= 0.3 is 0 Å². The van der Waals surface area contributed by atoms with Gasteiger partial charge in [0.2, 0.25) is 0 Å². The lowest BCUT2D eigenvalue weighted by molar-refractivity contribution is 0.666. The highest BCUT2D eigenvalue weighted by Crippen LogP contribution is 2.57. The molecule has 2 heterocycles. The number of aromatic nitrogens is 1. The lowest BCUT2D eigenvalue weighted by atomic mass is 9.67. The van der Waals surface area contributed by atoms with Crippen LogP contribution in [0.2, 0.25) is 0 Å². The summed E-state index contributed by atoms with van der Waals surface area (Å²) in [5, 5.41) is 4.73. The van der Waals surface area contributed by atoms with Crippen molar-refractivity contribution in [2.45, 2.75) is 5.41 Å². The van der Waals surface area contributed by atoms with E-state index in [1.165, 1.54) is 66.3 Å². The van der Waals surface area contributed by atoms with E-state index in [9.17, 15) is 0 Å². The third kappa shape index (κ3) is 4.65. The van der Waals surface area contributed by atoms with Crippen LogP contribution in [0.1, 0.15) is 22.3 Å². The van der Waals surface area contributed by atoms with Crippen molar-refractivity contribution in [2.24, 2.45) is 0 Å². The van der Waals surface area contributed by atoms with Gasteiger partial charge in [0.05, 0.1) is 16.4 Å². The van der Waals surface area contributed by atoms with E-state index in [1.54, 1.807) is 0 Å². The SMILES string of the molecule is c1ccc(-c2ccc(-n3c4ccccc4c4cc(-c5ccc6c(c5)oc5cc7c(cc56)-c5ccccc5C7(c5ccccc5)c5ccccc5)ccc43)cc2)cc1. The molecule has 1 aliphatic carbocycles. The molecule has 0 radical (unpaired) electrons. The van der Waals surface area contributed by atoms with Crippen molar-refractivity contribution in [2.75, 3.05) is 0 Å². The van der Waals surface area contributed by atoms with Crippen molar-refractivity contribution in [1.82, 2.24) is 4.57 Å². The van der Waals surface area contributed by atoms with Crippen LogP contribution in [0.3, 0.4) is 0 Å². The average molecular weight is 726 g/mol. The minimum atomic E-state index is -0.467. The Morgan fingerprint density at radius 1 is 0.333 bits per heavy atom. The average Bonchev–Trinajstić information content (AvgIpc) is 3.92. The summed E-state index contributed by atoms with van der Waals surface area (Å²) in [6.45, 7) is 0. The van der Waals surface area contributed by atoms with Crippen molar-refractivity contribution in [3.63, 3.8) is 0 Å². The summed E-state index contributed by atoms with van der Waals surface area (Å²) < 4.78 is 9.24. The molecule has 2 aromatic heterocycles. The minimum Gasteiger partial charge on any atom is -0.456 e. The summed E-state index contributed by atoms with van der Waals surface area (Å²) >= 11 is 0. The Balaban J connectivity index is 0.999. The molecule has 0 saturated carbocycles. The second-order valence-electron chi connectivity index (χ2n) is 15.2. The summed E-state index contributed by atoms with van der Waals surface area (Å²) in [6, 6.07) is 77.3. The van der Waals surface area contributed by atoms with Gasteiger partial charge in [0.15, 0.2) is 0 Å². The van der Waals surface area contributed by atoms with Crippen LogP contribution in [0.4, 0.5) is 0 Å². The molecule has 0 atom stereocenters. The molecule has 0 bridgehead atoms. The van der Waals surface area contributed by atoms with Gasteiger partial charge in [-0.1, -0.05) is 158 Å². The van der Waals surface area contributed by atoms with Crippen LogP contribution in [0, 0.1) is 0 Å². The van der Waals surface area contributed by atoms with Gasteiger partial charge in [-0.25, -0.2) is 0 Å². The minimum absolute atomic E-state index is 0.467. The van der Waals surface area contributed by atoms with Crippen LogP contribution in [-0.4, -0.2) is 4.57 Å². The van der Waals surface area contributed by atoms with Gasteiger partial charge in [0.1, 0.15) is 11.2 Å². The summed E-state index contributed by atoms with van der Waals surface area (Å²) in [4.78, 5) is 0. The molecule has 0 unspecified atom stereocenters. The molecule has 1 aliphatic rings. The Kier molecular flexibility index (Phi) is 6.88. The summed E-state index contributed by atoms with van der Waals surface area (Å²) in [6.07, 6.45) is 0. The van der Waals surface area contributed by atoms with Crippen LogP contribution in [0.5, 0.6) is 0 Å². The predicted molar refractivity (Wildman–Crippen MR) is 236 cm³/mol. The van der Waals surface area contributed by atoms with Gasteiger partial charge < -0.3 is 8.98 Å². The lowest BCUT2D eigenvalue weighted by Gasteiger charge is -2.33. The van der Waals surface area contributed by atoms with Crippen molar-refractivity contribution in [3.05, 3.63) is 235 Å². The second kappa shape index (κ2) is 12.3. The standard InChI is InChI=1S/C55H35NO/c1-4-14-36(15-5-1)37-24-28-42(29-25-37)56-51-23-13-11-21-44(51)47-32-38(27-31-52(47)56)39-26-30-45-48-34-46-43-20-10-12-22-49(43)55(40-16-6-2-7-17-40,41-18-8-3-9-19-41)50(46)35-54(48)57-53(45)33-39/h1-35H. The third-order valence-corrected chi connectivity index (χ3v) is 12.3. The van der Waals surface area contributed by atoms with Crippen molar-refractivity contribution in [1.29, 1.82) is 0 Å². The maximum absolute atomic E-state index is 6.86. The Morgan fingerprint density at radius 2 is 0.912 bits per heavy atom. The molecule has 9 aromatic carbocycles. The number of nitrogens with zero attached hydrogens (tertiary/aromatic N) is 1. The fourth-order valence-corrected chi connectivity index (χ4v) is 9.75. The van der Waals surface area contributed by atoms with E-state index < -0.39 is 5.41 Å². The topological polar surface area (TPSA) is 18.1 Å². The molecule has 12 rings (SSSR count). The van der Waals surface area contributed by atoms with Gasteiger partial charge in [0.25, 0.3) is 0 Å². The van der Waals surface area contributed by atoms with Gasteiger partial charge in [-0.15, -0.1) is 0 Å². The van der Waals surface area contributed by atoms with Crippen molar-refractivity contribution < 1.29 is 4.42 Å². The first-order valence-corrected chi connectivity index (χ1v) is 19.7. The Bertz CT molecular complexity index is 3280. The first-order valence-electron chi connectivity index (χ1n) is 19.7. The second-order valence-corrected chi connectivity index (χ2v) is 15.2. The zero-order valence-corrected chi connectivity index (χ0v) is 31.1. The zero-order chi connectivity index (χ0) is 37.5. The molecule has 0 amide bonds. The molecule has 2 heteroatoms. The molecular formula is C55H35NO. The highest BCUT2D eigenvalue weighted by molar-refractivity contribution is 6.12. The molecule has 0 aliphatic heterocycles. The zero-order valence-electron chi connectivity index (χ0n) is 31.1. The number of rotatable bonds is 5. The lowest BCUT2D eigenvalue weighted by Crippen LogP contribution is -2.28. The quantitative estimate of drug-likeness (QED) is 0.173. The highest BCUT2D eigenvalue weighted by Gasteiger charge is 2.46. The predicted octanol–water partition coefficient (Wildman–Crippen LogP) is 14.4. The molecule has 0 saturated heterocycles. The fourth-order valence-electron chi connectivity index (χ4n) is 9.75. The number of hydrogen-bond donors (Lipinski definition) is 0. The first kappa shape index (κ1) is 31.9. The Morgan fingerprint density at radius 3 is 1.68 bits per heavy atom. The van der Waals surface area contributed by atoms with Crippen LogP contribution >= 0.6 is 0 Å². The van der Waals surface area contributed by atoms with Crippen LogP contribution in [0.25, 0.3) is 82.8 Å². The first-order chi connectivity index (χ1) is 28.3. The molecule has 57 heavy (non-hydrogen) atoms. The number of hydrogen-bond acceptors (Lipinski definition) is 1. The Hall–Kier alpha value is -7.42. The summed E-state index contributed by atoms with van der Waals surface area (Å²) in [5.41, 5.74) is 17.2.